The van der Waals surface area contributed by atoms with Gasteiger partial charge in [-0.25, -0.2) is 16.8 Å². The van der Waals surface area contributed by atoms with Gasteiger partial charge in [0, 0.05) is 6.26 Å². The van der Waals surface area contributed by atoms with Crippen LogP contribution in [0.15, 0.2) is 6.20 Å². The number of sulfone groups is 1. The Morgan fingerprint density at radius 2 is 2.12 bits per heavy atom. The fourth-order valence-electron chi connectivity index (χ4n) is 1.02. The summed E-state index contributed by atoms with van der Waals surface area (Å²) in [6.45, 7) is 0. The van der Waals surface area contributed by atoms with Crippen molar-refractivity contribution in [2.75, 3.05) is 16.1 Å². The van der Waals surface area contributed by atoms with E-state index in [1.165, 1.54) is 6.20 Å². The molecule has 0 radical (unpaired) electrons. The van der Waals surface area contributed by atoms with E-state index in [2.05, 4.69) is 22.4 Å². The lowest BCUT2D eigenvalue weighted by Gasteiger charge is -2.06. The number of thiocarbonyl (C=S) groups is 1. The van der Waals surface area contributed by atoms with Crippen LogP contribution in [0.3, 0.4) is 0 Å². The Bertz CT molecular complexity index is 630. The van der Waals surface area contributed by atoms with Crippen molar-refractivity contribution in [3.05, 3.63) is 11.8 Å². The van der Waals surface area contributed by atoms with Gasteiger partial charge < -0.3 is 5.73 Å². The van der Waals surface area contributed by atoms with Crippen LogP contribution < -0.4 is 10.5 Å². The zero-order valence-corrected chi connectivity index (χ0v) is 11.1. The molecule has 1 rings (SSSR count). The van der Waals surface area contributed by atoms with E-state index >= 15 is 0 Å². The fraction of sp³-hybridized carbons (Fsp3) is 0.333. The topological polar surface area (TPSA) is 135 Å². The van der Waals surface area contributed by atoms with Crippen LogP contribution >= 0.6 is 12.2 Å². The van der Waals surface area contributed by atoms with Gasteiger partial charge in [0.05, 0.1) is 11.8 Å². The van der Waals surface area contributed by atoms with Gasteiger partial charge in [-0.05, 0) is 0 Å². The molecule has 0 amide bonds. The molecule has 1 aromatic rings. The van der Waals surface area contributed by atoms with Gasteiger partial charge in [-0.15, -0.1) is 0 Å². The lowest BCUT2D eigenvalue weighted by Crippen LogP contribution is -2.24. The van der Waals surface area contributed by atoms with Crippen LogP contribution in [-0.2, 0) is 19.9 Å². The zero-order valence-electron chi connectivity index (χ0n) is 8.67. The molecule has 0 atom stereocenters. The molecule has 0 aliphatic carbocycles. The maximum Gasteiger partial charge on any atom is 0.248 e. The Balaban J connectivity index is 2.99. The predicted octanol–water partition coefficient (Wildman–Crippen LogP) is -1.21. The molecule has 1 aromatic heterocycles. The molecular weight excluding hydrogens is 288 g/mol. The average Bonchev–Trinajstić information content (AvgIpc) is 2.45. The molecule has 96 valence electrons. The summed E-state index contributed by atoms with van der Waals surface area (Å²) in [6, 6.07) is 0. The summed E-state index contributed by atoms with van der Waals surface area (Å²) in [5.74, 6) is -0.0545. The first kappa shape index (κ1) is 13.9. The number of sulfonamides is 1. The van der Waals surface area contributed by atoms with Gasteiger partial charge >= 0.3 is 0 Å². The standard InChI is InChI=1S/C6H10N4O4S3/c1-16(11,12)3-17(13,14)10-6-4(5(7)15)2-8-9-6/h2H,3H2,1H3,(H2,7,15)(H2,8,9,10). The highest BCUT2D eigenvalue weighted by molar-refractivity contribution is 8.08. The van der Waals surface area contributed by atoms with Crippen LogP contribution in [0.2, 0.25) is 0 Å². The molecule has 0 unspecified atom stereocenters. The van der Waals surface area contributed by atoms with Gasteiger partial charge in [0.25, 0.3) is 0 Å². The van der Waals surface area contributed by atoms with E-state index in [9.17, 15) is 16.8 Å². The van der Waals surface area contributed by atoms with Crippen LogP contribution in [0.25, 0.3) is 0 Å². The second-order valence-electron chi connectivity index (χ2n) is 3.28. The van der Waals surface area contributed by atoms with E-state index in [1.54, 1.807) is 0 Å². The Morgan fingerprint density at radius 3 is 2.59 bits per heavy atom. The number of nitrogens with two attached hydrogens (primary N) is 1. The molecule has 11 heteroatoms. The molecule has 0 saturated heterocycles. The van der Waals surface area contributed by atoms with E-state index in [4.69, 9.17) is 5.73 Å². The third-order valence-electron chi connectivity index (χ3n) is 1.53. The van der Waals surface area contributed by atoms with Crippen molar-refractivity contribution < 1.29 is 16.8 Å². The van der Waals surface area contributed by atoms with Gasteiger partial charge in [0.1, 0.15) is 10.8 Å². The second kappa shape index (κ2) is 4.58. The molecule has 0 spiro atoms. The Labute approximate surface area is 104 Å². The van der Waals surface area contributed by atoms with Gasteiger partial charge in [0.2, 0.25) is 10.0 Å². The van der Waals surface area contributed by atoms with Crippen molar-refractivity contribution in [2.45, 2.75) is 0 Å². The smallest absolute Gasteiger partial charge is 0.248 e. The minimum Gasteiger partial charge on any atom is -0.389 e. The molecule has 0 aromatic carbocycles. The molecule has 0 bridgehead atoms. The first-order valence-electron chi connectivity index (χ1n) is 4.12. The maximum absolute atomic E-state index is 11.5. The SMILES string of the molecule is CS(=O)(=O)CS(=O)(=O)Nc1[nH]ncc1C(N)=S. The molecule has 0 saturated carbocycles. The minimum atomic E-state index is -4.04. The maximum atomic E-state index is 11.5. The largest absolute Gasteiger partial charge is 0.389 e. The number of hydrogen-bond donors (Lipinski definition) is 3. The van der Waals surface area contributed by atoms with Crippen LogP contribution in [-0.4, -0.2) is 43.4 Å². The molecule has 1 heterocycles. The van der Waals surface area contributed by atoms with Crippen LogP contribution in [0.4, 0.5) is 5.82 Å². The van der Waals surface area contributed by atoms with E-state index in [0.29, 0.717) is 0 Å². The van der Waals surface area contributed by atoms with Gasteiger partial charge in [-0.2, -0.15) is 5.10 Å². The number of hydrogen-bond acceptors (Lipinski definition) is 6. The number of rotatable bonds is 5. The molecule has 17 heavy (non-hydrogen) atoms. The van der Waals surface area contributed by atoms with E-state index in [1.807, 2.05) is 4.72 Å². The predicted molar refractivity (Wildman–Crippen MR) is 66.7 cm³/mol. The molecular formula is C6H10N4O4S3. The summed E-state index contributed by atoms with van der Waals surface area (Å²) in [7, 11) is -7.71. The third-order valence-corrected chi connectivity index (χ3v) is 5.22. The normalized spacial score (nSPS) is 12.3. The molecule has 8 nitrogen and oxygen atoms in total. The van der Waals surface area contributed by atoms with Crippen molar-refractivity contribution in [1.29, 1.82) is 0 Å². The first-order chi connectivity index (χ1) is 7.61. The summed E-state index contributed by atoms with van der Waals surface area (Å²) in [6.07, 6.45) is 2.05. The molecule has 4 N–H and O–H groups in total. The van der Waals surface area contributed by atoms with E-state index in [0.717, 1.165) is 6.26 Å². The van der Waals surface area contributed by atoms with Crippen LogP contribution in [0, 0.1) is 0 Å². The summed E-state index contributed by atoms with van der Waals surface area (Å²) >= 11 is 4.67. The van der Waals surface area contributed by atoms with Crippen LogP contribution in [0.1, 0.15) is 5.56 Å². The summed E-state index contributed by atoms with van der Waals surface area (Å²) in [4.78, 5) is -0.0594. The van der Waals surface area contributed by atoms with Crippen LogP contribution in [0.5, 0.6) is 0 Å². The second-order valence-corrected chi connectivity index (χ2v) is 7.95. The Morgan fingerprint density at radius 1 is 1.53 bits per heavy atom. The zero-order chi connectivity index (χ0) is 13.3. The van der Waals surface area contributed by atoms with Gasteiger partial charge in [-0.1, -0.05) is 12.2 Å². The monoisotopic (exact) mass is 298 g/mol. The highest BCUT2D eigenvalue weighted by atomic mass is 32.3. The summed E-state index contributed by atoms with van der Waals surface area (Å²) in [5, 5.41) is 4.85. The van der Waals surface area contributed by atoms with Gasteiger partial charge in [0.15, 0.2) is 14.9 Å². The Kier molecular flexibility index (Phi) is 3.74. The number of nitrogens with zero attached hydrogens (tertiary/aromatic N) is 1. The molecule has 0 aliphatic rings. The van der Waals surface area contributed by atoms with Crippen molar-refractivity contribution >= 4 is 42.9 Å². The third kappa shape index (κ3) is 4.28. The lowest BCUT2D eigenvalue weighted by atomic mass is 10.3. The van der Waals surface area contributed by atoms with E-state index in [-0.39, 0.29) is 16.4 Å². The highest BCUT2D eigenvalue weighted by Crippen LogP contribution is 2.13. The Hall–Kier alpha value is -1.20. The van der Waals surface area contributed by atoms with Crippen molar-refractivity contribution in [2.24, 2.45) is 5.73 Å². The number of H-pyrrole nitrogens is 1. The molecule has 0 fully saturated rings. The summed E-state index contributed by atoms with van der Waals surface area (Å²) in [5.41, 5.74) is 5.52. The number of nitrogens with one attached hydrogen (secondary N) is 2. The van der Waals surface area contributed by atoms with Crippen molar-refractivity contribution in [3.63, 3.8) is 0 Å². The quantitative estimate of drug-likeness (QED) is 0.580. The first-order valence-corrected chi connectivity index (χ1v) is 8.24. The van der Waals surface area contributed by atoms with Crippen molar-refractivity contribution in [1.82, 2.24) is 10.2 Å². The minimum absolute atomic E-state index is 0.0545. The number of anilines is 1. The van der Waals surface area contributed by atoms with Gasteiger partial charge in [-0.3, -0.25) is 9.82 Å². The lowest BCUT2D eigenvalue weighted by molar-refractivity contribution is 0.594. The number of aromatic nitrogens is 2. The highest BCUT2D eigenvalue weighted by Gasteiger charge is 2.20. The van der Waals surface area contributed by atoms with Crippen molar-refractivity contribution in [3.8, 4) is 0 Å². The fourth-order valence-corrected chi connectivity index (χ4v) is 4.13. The summed E-state index contributed by atoms with van der Waals surface area (Å²) < 4.78 is 46.7. The molecule has 0 aliphatic heterocycles. The number of aromatic amines is 1. The average molecular weight is 298 g/mol. The van der Waals surface area contributed by atoms with E-state index < -0.39 is 24.9 Å².